The minimum atomic E-state index is -0.891. The maximum Gasteiger partial charge on any atom is 0.336 e. The molecule has 0 radical (unpaired) electrons. The Morgan fingerprint density at radius 1 is 1.27 bits per heavy atom. The second-order valence-electron chi connectivity index (χ2n) is 7.59. The third-order valence-corrected chi connectivity index (χ3v) is 5.87. The molecule has 2 aromatic heterocycles. The number of nitrogens with zero attached hydrogens (tertiary/aromatic N) is 3. The molecule has 30 heavy (non-hydrogen) atoms. The number of carboxylic acids is 1. The van der Waals surface area contributed by atoms with Crippen molar-refractivity contribution in [3.63, 3.8) is 0 Å². The summed E-state index contributed by atoms with van der Waals surface area (Å²) in [6.45, 7) is 0. The standard InChI is InChI=1S/C24H25N3O3/c1-27(22-4-3-5-23(26-22)30-2)19-10-11-20-16(6-8-17(20)14-19)7-9-18-15-25-13-12-21(18)24(28)29/h3-5,10-16H,6-9H2,1-2H3,(H,28,29)/t16-/m0/s1. The van der Waals surface area contributed by atoms with E-state index in [9.17, 15) is 9.90 Å². The molecular weight excluding hydrogens is 378 g/mol. The van der Waals surface area contributed by atoms with Crippen LogP contribution in [0.2, 0.25) is 0 Å². The molecule has 0 spiro atoms. The van der Waals surface area contributed by atoms with E-state index >= 15 is 0 Å². The zero-order valence-electron chi connectivity index (χ0n) is 17.2. The van der Waals surface area contributed by atoms with Crippen LogP contribution in [0.15, 0.2) is 54.9 Å². The smallest absolute Gasteiger partial charge is 0.336 e. The first-order chi connectivity index (χ1) is 14.6. The highest BCUT2D eigenvalue weighted by Crippen LogP contribution is 2.39. The fourth-order valence-corrected chi connectivity index (χ4v) is 4.20. The highest BCUT2D eigenvalue weighted by molar-refractivity contribution is 5.89. The van der Waals surface area contributed by atoms with E-state index in [-0.39, 0.29) is 0 Å². The normalized spacial score (nSPS) is 14.9. The number of rotatable bonds is 7. The van der Waals surface area contributed by atoms with Crippen molar-refractivity contribution in [3.05, 3.63) is 77.1 Å². The number of aromatic nitrogens is 2. The van der Waals surface area contributed by atoms with E-state index < -0.39 is 5.97 Å². The van der Waals surface area contributed by atoms with Crippen molar-refractivity contribution >= 4 is 17.5 Å². The Labute approximate surface area is 176 Å². The van der Waals surface area contributed by atoms with Crippen LogP contribution in [0.5, 0.6) is 5.88 Å². The van der Waals surface area contributed by atoms with Crippen LogP contribution in [0, 0.1) is 0 Å². The van der Waals surface area contributed by atoms with Crippen LogP contribution < -0.4 is 9.64 Å². The predicted octanol–water partition coefficient (Wildman–Crippen LogP) is 4.61. The first-order valence-electron chi connectivity index (χ1n) is 10.1. The van der Waals surface area contributed by atoms with E-state index in [0.29, 0.717) is 17.4 Å². The zero-order valence-corrected chi connectivity index (χ0v) is 17.2. The Kier molecular flexibility index (Phi) is 5.65. The van der Waals surface area contributed by atoms with E-state index in [0.717, 1.165) is 42.8 Å². The Morgan fingerprint density at radius 2 is 2.13 bits per heavy atom. The van der Waals surface area contributed by atoms with Gasteiger partial charge < -0.3 is 14.7 Å². The van der Waals surface area contributed by atoms with Gasteiger partial charge in [-0.3, -0.25) is 4.98 Å². The summed E-state index contributed by atoms with van der Waals surface area (Å²) < 4.78 is 5.24. The number of benzene rings is 1. The van der Waals surface area contributed by atoms with Gasteiger partial charge in [0.1, 0.15) is 5.82 Å². The Hall–Kier alpha value is -3.41. The lowest BCUT2D eigenvalue weighted by molar-refractivity contribution is 0.0695. The van der Waals surface area contributed by atoms with Gasteiger partial charge in [0.25, 0.3) is 0 Å². The van der Waals surface area contributed by atoms with Crippen LogP contribution in [0.1, 0.15) is 45.8 Å². The van der Waals surface area contributed by atoms with E-state index in [1.54, 1.807) is 19.4 Å². The molecular formula is C24H25N3O3. The molecule has 6 heteroatoms. The van der Waals surface area contributed by atoms with Crippen LogP contribution in [0.4, 0.5) is 11.5 Å². The molecule has 0 amide bonds. The summed E-state index contributed by atoms with van der Waals surface area (Å²) in [5.41, 5.74) is 4.98. The van der Waals surface area contributed by atoms with Crippen molar-refractivity contribution in [2.24, 2.45) is 0 Å². The third-order valence-electron chi connectivity index (χ3n) is 5.87. The third kappa shape index (κ3) is 3.99. The quantitative estimate of drug-likeness (QED) is 0.621. The van der Waals surface area contributed by atoms with E-state index in [1.165, 1.54) is 17.3 Å². The fraction of sp³-hybridized carbons (Fsp3) is 0.292. The van der Waals surface area contributed by atoms with Gasteiger partial charge in [-0.05, 0) is 72.6 Å². The molecule has 0 bridgehead atoms. The van der Waals surface area contributed by atoms with Crippen molar-refractivity contribution in [1.82, 2.24) is 9.97 Å². The second-order valence-corrected chi connectivity index (χ2v) is 7.59. The summed E-state index contributed by atoms with van der Waals surface area (Å²) in [6, 6.07) is 13.9. The number of fused-ring (bicyclic) bond motifs is 1. The van der Waals surface area contributed by atoms with Crippen LogP contribution in [-0.4, -0.2) is 35.2 Å². The molecule has 1 aliphatic rings. The summed E-state index contributed by atoms with van der Waals surface area (Å²) >= 11 is 0. The number of pyridine rings is 2. The largest absolute Gasteiger partial charge is 0.481 e. The summed E-state index contributed by atoms with van der Waals surface area (Å²) in [4.78, 5) is 22.1. The van der Waals surface area contributed by atoms with E-state index in [2.05, 4.69) is 33.1 Å². The zero-order chi connectivity index (χ0) is 21.1. The van der Waals surface area contributed by atoms with Gasteiger partial charge in [-0.1, -0.05) is 12.1 Å². The van der Waals surface area contributed by atoms with Crippen molar-refractivity contribution in [2.75, 3.05) is 19.1 Å². The molecule has 1 atom stereocenters. The van der Waals surface area contributed by atoms with E-state index in [4.69, 9.17) is 4.74 Å². The molecule has 0 fully saturated rings. The van der Waals surface area contributed by atoms with Gasteiger partial charge in [-0.15, -0.1) is 0 Å². The van der Waals surface area contributed by atoms with Gasteiger partial charge >= 0.3 is 5.97 Å². The molecule has 0 saturated carbocycles. The number of aromatic carboxylic acids is 1. The van der Waals surface area contributed by atoms with Crippen LogP contribution in [0.25, 0.3) is 0 Å². The van der Waals surface area contributed by atoms with Crippen LogP contribution in [0.3, 0.4) is 0 Å². The molecule has 1 N–H and O–H groups in total. The van der Waals surface area contributed by atoms with Gasteiger partial charge in [0.05, 0.1) is 12.7 Å². The fourth-order valence-electron chi connectivity index (χ4n) is 4.20. The number of carbonyl (C=O) groups is 1. The highest BCUT2D eigenvalue weighted by Gasteiger charge is 2.24. The molecule has 154 valence electrons. The molecule has 1 aliphatic carbocycles. The lowest BCUT2D eigenvalue weighted by Gasteiger charge is -2.20. The maximum atomic E-state index is 11.4. The number of hydrogen-bond acceptors (Lipinski definition) is 5. The van der Waals surface area contributed by atoms with Gasteiger partial charge in [-0.25, -0.2) is 4.79 Å². The maximum absolute atomic E-state index is 11.4. The molecule has 0 saturated heterocycles. The molecule has 6 nitrogen and oxygen atoms in total. The molecule has 0 aliphatic heterocycles. The summed E-state index contributed by atoms with van der Waals surface area (Å²) in [7, 11) is 3.62. The van der Waals surface area contributed by atoms with Gasteiger partial charge in [0.2, 0.25) is 5.88 Å². The SMILES string of the molecule is COc1cccc(N(C)c2ccc3c(c2)CC[C@H]3CCc2cnccc2C(=O)O)n1. The first kappa shape index (κ1) is 19.9. The molecule has 2 heterocycles. The number of methoxy groups -OCH3 is 1. The summed E-state index contributed by atoms with van der Waals surface area (Å²) in [5.74, 6) is 0.979. The van der Waals surface area contributed by atoms with Crippen molar-refractivity contribution < 1.29 is 14.6 Å². The van der Waals surface area contributed by atoms with Crippen LogP contribution in [-0.2, 0) is 12.8 Å². The topological polar surface area (TPSA) is 75.5 Å². The molecule has 0 unspecified atom stereocenters. The average molecular weight is 403 g/mol. The number of carboxylic acid groups (broad SMARTS) is 1. The number of anilines is 2. The summed E-state index contributed by atoms with van der Waals surface area (Å²) in [5, 5.41) is 9.38. The molecule has 4 rings (SSSR count). The van der Waals surface area contributed by atoms with Gasteiger partial charge in [0.15, 0.2) is 0 Å². The van der Waals surface area contributed by atoms with Gasteiger partial charge in [-0.2, -0.15) is 4.98 Å². The average Bonchev–Trinajstić information content (AvgIpc) is 3.19. The highest BCUT2D eigenvalue weighted by atomic mass is 16.5. The monoisotopic (exact) mass is 403 g/mol. The van der Waals surface area contributed by atoms with Gasteiger partial charge in [0, 0.05) is 31.2 Å². The van der Waals surface area contributed by atoms with E-state index in [1.807, 2.05) is 25.2 Å². The molecule has 3 aromatic rings. The lowest BCUT2D eigenvalue weighted by Crippen LogP contribution is -2.12. The Morgan fingerprint density at radius 3 is 2.93 bits per heavy atom. The van der Waals surface area contributed by atoms with Crippen molar-refractivity contribution in [1.29, 1.82) is 0 Å². The minimum absolute atomic E-state index is 0.353. The predicted molar refractivity (Wildman–Crippen MR) is 116 cm³/mol. The lowest BCUT2D eigenvalue weighted by atomic mass is 9.93. The Balaban J connectivity index is 1.49. The number of ether oxygens (including phenoxy) is 1. The van der Waals surface area contributed by atoms with Crippen LogP contribution >= 0.6 is 0 Å². The first-order valence-corrected chi connectivity index (χ1v) is 10.1. The number of aryl methyl sites for hydroxylation is 2. The summed E-state index contributed by atoms with van der Waals surface area (Å²) in [6.07, 6.45) is 6.97. The van der Waals surface area contributed by atoms with Crippen molar-refractivity contribution in [2.45, 2.75) is 31.6 Å². The number of hydrogen-bond donors (Lipinski definition) is 1. The Bertz CT molecular complexity index is 1070. The van der Waals surface area contributed by atoms with Crippen molar-refractivity contribution in [3.8, 4) is 5.88 Å². The molecule has 1 aromatic carbocycles. The minimum Gasteiger partial charge on any atom is -0.481 e. The second kappa shape index (κ2) is 8.53.